The highest BCUT2D eigenvalue weighted by molar-refractivity contribution is 5.98. The fourth-order valence-corrected chi connectivity index (χ4v) is 2.65. The van der Waals surface area contributed by atoms with Crippen LogP contribution in [0.1, 0.15) is 36.2 Å². The number of carbonyl (C=O) groups excluding carboxylic acids is 1. The van der Waals surface area contributed by atoms with E-state index in [2.05, 4.69) is 15.3 Å². The van der Waals surface area contributed by atoms with Crippen LogP contribution in [0.2, 0.25) is 0 Å². The summed E-state index contributed by atoms with van der Waals surface area (Å²) in [5.41, 5.74) is 1.14. The summed E-state index contributed by atoms with van der Waals surface area (Å²) in [5, 5.41) is 3.68. The normalized spacial score (nSPS) is 12.7. The molecule has 0 saturated carbocycles. The Kier molecular flexibility index (Phi) is 3.90. The molecule has 3 aromatic rings. The predicted octanol–water partition coefficient (Wildman–Crippen LogP) is 3.17. The van der Waals surface area contributed by atoms with Crippen molar-refractivity contribution in [2.45, 2.75) is 19.9 Å². The summed E-state index contributed by atoms with van der Waals surface area (Å²) in [6, 6.07) is 5.85. The highest BCUT2D eigenvalue weighted by Crippen LogP contribution is 2.21. The Labute approximate surface area is 133 Å². The van der Waals surface area contributed by atoms with Crippen molar-refractivity contribution in [2.75, 3.05) is 0 Å². The number of hydrogen-bond donors (Lipinski definition) is 2. The number of carbonyl (C=O) groups is 1. The largest absolute Gasteiger partial charge is 0.351 e. The first kappa shape index (κ1) is 15.3. The predicted molar refractivity (Wildman–Crippen MR) is 86.5 cm³/mol. The molecule has 3 rings (SSSR count). The third kappa shape index (κ3) is 2.97. The first-order valence-electron chi connectivity index (χ1n) is 7.52. The number of fused-ring (bicyclic) bond motifs is 1. The van der Waals surface area contributed by atoms with E-state index in [1.165, 1.54) is 12.1 Å². The number of rotatable bonds is 4. The molecule has 0 radical (unpaired) electrons. The third-order valence-electron chi connectivity index (χ3n) is 3.92. The van der Waals surface area contributed by atoms with Crippen LogP contribution in [-0.4, -0.2) is 20.4 Å². The van der Waals surface area contributed by atoms with Crippen LogP contribution < -0.4 is 5.32 Å². The number of aromatic nitrogens is 3. The first-order chi connectivity index (χ1) is 11.0. The molecular weight excluding hydrogens is 295 g/mol. The zero-order valence-electron chi connectivity index (χ0n) is 13.3. The minimum absolute atomic E-state index is 0.182. The van der Waals surface area contributed by atoms with Gasteiger partial charge in [0, 0.05) is 30.3 Å². The van der Waals surface area contributed by atoms with E-state index < -0.39 is 0 Å². The summed E-state index contributed by atoms with van der Waals surface area (Å²) >= 11 is 0. The molecule has 0 bridgehead atoms. The Morgan fingerprint density at radius 2 is 2.13 bits per heavy atom. The molecule has 0 fully saturated rings. The number of H-pyrrole nitrogens is 1. The Balaban J connectivity index is 1.87. The lowest BCUT2D eigenvalue weighted by atomic mass is 10.0. The molecule has 0 unspecified atom stereocenters. The van der Waals surface area contributed by atoms with E-state index in [-0.39, 0.29) is 23.7 Å². The highest BCUT2D eigenvalue weighted by atomic mass is 19.1. The van der Waals surface area contributed by atoms with Crippen LogP contribution in [0.3, 0.4) is 0 Å². The average molecular weight is 314 g/mol. The van der Waals surface area contributed by atoms with Crippen molar-refractivity contribution < 1.29 is 9.18 Å². The van der Waals surface area contributed by atoms with E-state index in [1.54, 1.807) is 18.3 Å². The fourth-order valence-electron chi connectivity index (χ4n) is 2.65. The lowest BCUT2D eigenvalue weighted by Gasteiger charge is -2.21. The quantitative estimate of drug-likeness (QED) is 0.777. The van der Waals surface area contributed by atoms with Gasteiger partial charge in [-0.2, -0.15) is 0 Å². The number of amides is 1. The Morgan fingerprint density at radius 3 is 2.78 bits per heavy atom. The topological polar surface area (TPSA) is 62.7 Å². The van der Waals surface area contributed by atoms with Crippen LogP contribution in [0.4, 0.5) is 4.39 Å². The number of aromatic amines is 1. The molecule has 5 nitrogen and oxygen atoms in total. The van der Waals surface area contributed by atoms with Gasteiger partial charge in [-0.05, 0) is 30.2 Å². The van der Waals surface area contributed by atoms with E-state index in [1.807, 2.05) is 31.7 Å². The number of halogens is 1. The Hall–Kier alpha value is -2.63. The standard InChI is InChI=1S/C17H19FN4O/c1-10(2)15(16-19-6-7-22(16)3)21-17(23)14-9-11-8-12(18)4-5-13(11)20-14/h4-10,15,20H,1-3H3,(H,21,23)/t15-/m1/s1. The summed E-state index contributed by atoms with van der Waals surface area (Å²) in [6.45, 7) is 4.06. The number of nitrogens with one attached hydrogen (secondary N) is 2. The molecule has 2 N–H and O–H groups in total. The van der Waals surface area contributed by atoms with Gasteiger partial charge in [0.2, 0.25) is 0 Å². The molecule has 1 amide bonds. The molecule has 2 heterocycles. The maximum Gasteiger partial charge on any atom is 0.268 e. The van der Waals surface area contributed by atoms with Crippen molar-refractivity contribution in [1.82, 2.24) is 19.9 Å². The second-order valence-electron chi connectivity index (χ2n) is 6.01. The minimum atomic E-state index is -0.323. The molecule has 2 aromatic heterocycles. The van der Waals surface area contributed by atoms with Gasteiger partial charge in [-0.15, -0.1) is 0 Å². The van der Waals surface area contributed by atoms with Gasteiger partial charge in [0.25, 0.3) is 5.91 Å². The van der Waals surface area contributed by atoms with Crippen molar-refractivity contribution in [3.8, 4) is 0 Å². The number of hydrogen-bond acceptors (Lipinski definition) is 2. The molecule has 1 aromatic carbocycles. The van der Waals surface area contributed by atoms with Crippen LogP contribution in [-0.2, 0) is 7.05 Å². The van der Waals surface area contributed by atoms with Gasteiger partial charge >= 0.3 is 0 Å². The number of aryl methyl sites for hydroxylation is 1. The van der Waals surface area contributed by atoms with Crippen molar-refractivity contribution in [3.05, 3.63) is 54.0 Å². The second kappa shape index (κ2) is 5.87. The third-order valence-corrected chi connectivity index (χ3v) is 3.92. The molecule has 0 saturated heterocycles. The molecule has 120 valence electrons. The number of nitrogens with zero attached hydrogens (tertiary/aromatic N) is 2. The van der Waals surface area contributed by atoms with Gasteiger partial charge in [-0.25, -0.2) is 9.37 Å². The first-order valence-corrected chi connectivity index (χ1v) is 7.52. The number of benzene rings is 1. The van der Waals surface area contributed by atoms with Gasteiger partial charge in [0.15, 0.2) is 0 Å². The summed E-state index contributed by atoms with van der Waals surface area (Å²) in [7, 11) is 1.90. The van der Waals surface area contributed by atoms with Crippen LogP contribution >= 0.6 is 0 Å². The summed E-state index contributed by atoms with van der Waals surface area (Å²) in [4.78, 5) is 19.9. The van der Waals surface area contributed by atoms with E-state index in [0.29, 0.717) is 11.1 Å². The van der Waals surface area contributed by atoms with Crippen LogP contribution in [0.25, 0.3) is 10.9 Å². The minimum Gasteiger partial charge on any atom is -0.351 e. The lowest BCUT2D eigenvalue weighted by molar-refractivity contribution is 0.0918. The van der Waals surface area contributed by atoms with Gasteiger partial charge < -0.3 is 14.9 Å². The molecule has 0 spiro atoms. The van der Waals surface area contributed by atoms with Crippen molar-refractivity contribution >= 4 is 16.8 Å². The van der Waals surface area contributed by atoms with E-state index in [0.717, 1.165) is 11.3 Å². The maximum atomic E-state index is 13.3. The summed E-state index contributed by atoms with van der Waals surface area (Å²) in [6.07, 6.45) is 3.56. The van der Waals surface area contributed by atoms with E-state index in [4.69, 9.17) is 0 Å². The molecule has 0 aliphatic carbocycles. The highest BCUT2D eigenvalue weighted by Gasteiger charge is 2.23. The fraction of sp³-hybridized carbons (Fsp3) is 0.294. The van der Waals surface area contributed by atoms with Crippen LogP contribution in [0.15, 0.2) is 36.7 Å². The van der Waals surface area contributed by atoms with Gasteiger partial charge in [-0.1, -0.05) is 13.8 Å². The molecule has 0 aliphatic rings. The molecule has 1 atom stereocenters. The van der Waals surface area contributed by atoms with E-state index >= 15 is 0 Å². The zero-order chi connectivity index (χ0) is 16.6. The van der Waals surface area contributed by atoms with Gasteiger partial charge in [-0.3, -0.25) is 4.79 Å². The Morgan fingerprint density at radius 1 is 1.35 bits per heavy atom. The van der Waals surface area contributed by atoms with Crippen molar-refractivity contribution in [3.63, 3.8) is 0 Å². The van der Waals surface area contributed by atoms with Crippen LogP contribution in [0.5, 0.6) is 0 Å². The lowest BCUT2D eigenvalue weighted by Crippen LogP contribution is -2.33. The average Bonchev–Trinajstić information content (AvgIpc) is 3.10. The SMILES string of the molecule is CC(C)[C@@H](NC(=O)c1cc2cc(F)ccc2[nH]1)c1nccn1C. The molecule has 6 heteroatoms. The monoisotopic (exact) mass is 314 g/mol. The van der Waals surface area contributed by atoms with E-state index in [9.17, 15) is 9.18 Å². The molecular formula is C17H19FN4O. The van der Waals surface area contributed by atoms with Gasteiger partial charge in [0.1, 0.15) is 17.3 Å². The van der Waals surface area contributed by atoms with Crippen molar-refractivity contribution in [1.29, 1.82) is 0 Å². The Bertz CT molecular complexity index is 849. The molecule has 23 heavy (non-hydrogen) atoms. The summed E-state index contributed by atoms with van der Waals surface area (Å²) < 4.78 is 15.2. The van der Waals surface area contributed by atoms with Crippen molar-refractivity contribution in [2.24, 2.45) is 13.0 Å². The maximum absolute atomic E-state index is 13.3. The van der Waals surface area contributed by atoms with Gasteiger partial charge in [0.05, 0.1) is 6.04 Å². The zero-order valence-corrected chi connectivity index (χ0v) is 13.3. The second-order valence-corrected chi connectivity index (χ2v) is 6.01. The van der Waals surface area contributed by atoms with Crippen LogP contribution in [0, 0.1) is 11.7 Å². The smallest absolute Gasteiger partial charge is 0.268 e. The molecule has 0 aliphatic heterocycles. The number of imidazole rings is 1. The summed E-state index contributed by atoms with van der Waals surface area (Å²) in [5.74, 6) is 0.428.